The lowest BCUT2D eigenvalue weighted by atomic mass is 10.2. The fourth-order valence-electron chi connectivity index (χ4n) is 2.09. The van der Waals surface area contributed by atoms with E-state index in [2.05, 4.69) is 4.72 Å². The second kappa shape index (κ2) is 7.89. The number of hydrogen-bond acceptors (Lipinski definition) is 5. The molecule has 2 rings (SSSR count). The van der Waals surface area contributed by atoms with E-state index in [1.165, 1.54) is 18.2 Å². The molecule has 0 aliphatic heterocycles. The molecular weight excluding hydrogens is 332 g/mol. The van der Waals surface area contributed by atoms with E-state index in [-0.39, 0.29) is 18.0 Å². The van der Waals surface area contributed by atoms with Crippen LogP contribution in [0.1, 0.15) is 18.1 Å². The highest BCUT2D eigenvalue weighted by Gasteiger charge is 2.14. The molecule has 0 aliphatic rings. The molecule has 0 aliphatic carbocycles. The molecule has 0 spiro atoms. The average molecular weight is 350 g/mol. The maximum Gasteiger partial charge on any atom is 0.269 e. The number of nitrogens with zero attached hydrogens (tertiary/aromatic N) is 1. The summed E-state index contributed by atoms with van der Waals surface area (Å²) in [5, 5.41) is 10.7. The number of nitro benzene ring substituents is 1. The summed E-state index contributed by atoms with van der Waals surface area (Å²) in [6.45, 7) is 2.59. The smallest absolute Gasteiger partial charge is 0.269 e. The van der Waals surface area contributed by atoms with Gasteiger partial charge in [-0.1, -0.05) is 24.3 Å². The largest absolute Gasteiger partial charge is 0.494 e. The van der Waals surface area contributed by atoms with Crippen LogP contribution in [0, 0.1) is 10.1 Å². The zero-order chi connectivity index (χ0) is 17.6. The first-order valence-corrected chi connectivity index (χ1v) is 8.97. The molecule has 0 atom stereocenters. The molecule has 2 aromatic rings. The second-order valence-electron chi connectivity index (χ2n) is 5.08. The van der Waals surface area contributed by atoms with Crippen molar-refractivity contribution >= 4 is 15.7 Å². The van der Waals surface area contributed by atoms with Gasteiger partial charge in [0.1, 0.15) is 5.75 Å². The summed E-state index contributed by atoms with van der Waals surface area (Å²) in [6.07, 6.45) is 0. The van der Waals surface area contributed by atoms with Crippen LogP contribution in [0.5, 0.6) is 5.75 Å². The minimum atomic E-state index is -3.60. The van der Waals surface area contributed by atoms with E-state index in [1.807, 2.05) is 6.92 Å². The highest BCUT2D eigenvalue weighted by atomic mass is 32.2. The molecule has 1 N–H and O–H groups in total. The highest BCUT2D eigenvalue weighted by molar-refractivity contribution is 7.88. The molecule has 0 radical (unpaired) electrons. The van der Waals surface area contributed by atoms with Gasteiger partial charge < -0.3 is 4.74 Å². The van der Waals surface area contributed by atoms with Crippen LogP contribution in [-0.4, -0.2) is 19.9 Å². The standard InChI is InChI=1S/C16H18N2O5S/c1-2-23-16-8-6-13(7-9-16)11-17-24(21,22)12-14-4-3-5-15(10-14)18(19)20/h3-10,17H,2,11-12H2,1H3. The van der Waals surface area contributed by atoms with E-state index in [4.69, 9.17) is 4.74 Å². The number of benzene rings is 2. The normalized spacial score (nSPS) is 11.2. The van der Waals surface area contributed by atoms with Gasteiger partial charge in [0.15, 0.2) is 0 Å². The Morgan fingerprint density at radius 2 is 1.83 bits per heavy atom. The third kappa shape index (κ3) is 5.32. The molecule has 0 fully saturated rings. The highest BCUT2D eigenvalue weighted by Crippen LogP contribution is 2.16. The topological polar surface area (TPSA) is 98.5 Å². The molecule has 2 aromatic carbocycles. The van der Waals surface area contributed by atoms with E-state index in [0.29, 0.717) is 12.2 Å². The second-order valence-corrected chi connectivity index (χ2v) is 6.89. The predicted molar refractivity (Wildman–Crippen MR) is 90.2 cm³/mol. The van der Waals surface area contributed by atoms with Crippen molar-refractivity contribution in [3.8, 4) is 5.75 Å². The summed E-state index contributed by atoms with van der Waals surface area (Å²) >= 11 is 0. The molecular formula is C16H18N2O5S. The molecule has 0 heterocycles. The van der Waals surface area contributed by atoms with Crippen molar-refractivity contribution in [3.63, 3.8) is 0 Å². The Balaban J connectivity index is 1.98. The van der Waals surface area contributed by atoms with E-state index < -0.39 is 14.9 Å². The Morgan fingerprint density at radius 3 is 2.46 bits per heavy atom. The summed E-state index contributed by atoms with van der Waals surface area (Å²) in [4.78, 5) is 10.2. The van der Waals surface area contributed by atoms with Crippen LogP contribution in [-0.2, 0) is 22.3 Å². The lowest BCUT2D eigenvalue weighted by molar-refractivity contribution is -0.384. The first-order chi connectivity index (χ1) is 11.4. The molecule has 128 valence electrons. The van der Waals surface area contributed by atoms with Crippen LogP contribution in [0.2, 0.25) is 0 Å². The summed E-state index contributed by atoms with van der Waals surface area (Å²) in [7, 11) is -3.60. The molecule has 0 saturated carbocycles. The number of rotatable bonds is 8. The number of nitro groups is 1. The van der Waals surface area contributed by atoms with Gasteiger partial charge >= 0.3 is 0 Å². The van der Waals surface area contributed by atoms with Crippen LogP contribution in [0.25, 0.3) is 0 Å². The summed E-state index contributed by atoms with van der Waals surface area (Å²) in [6, 6.07) is 12.7. The van der Waals surface area contributed by atoms with Gasteiger partial charge in [-0.3, -0.25) is 10.1 Å². The SMILES string of the molecule is CCOc1ccc(CNS(=O)(=O)Cc2cccc([N+](=O)[O-])c2)cc1. The Morgan fingerprint density at radius 1 is 1.12 bits per heavy atom. The minimum Gasteiger partial charge on any atom is -0.494 e. The summed E-state index contributed by atoms with van der Waals surface area (Å²) < 4.78 is 32.0. The lowest BCUT2D eigenvalue weighted by Gasteiger charge is -2.08. The monoisotopic (exact) mass is 350 g/mol. The van der Waals surface area contributed by atoms with Gasteiger partial charge in [-0.05, 0) is 30.2 Å². The molecule has 0 bridgehead atoms. The number of hydrogen-bond donors (Lipinski definition) is 1. The zero-order valence-corrected chi connectivity index (χ0v) is 14.0. The van der Waals surface area contributed by atoms with Crippen molar-refractivity contribution in [2.45, 2.75) is 19.2 Å². The van der Waals surface area contributed by atoms with Crippen molar-refractivity contribution in [1.29, 1.82) is 0 Å². The van der Waals surface area contributed by atoms with Crippen molar-refractivity contribution in [3.05, 3.63) is 69.8 Å². The van der Waals surface area contributed by atoms with E-state index in [1.54, 1.807) is 30.3 Å². The first-order valence-electron chi connectivity index (χ1n) is 7.32. The van der Waals surface area contributed by atoms with Crippen LogP contribution < -0.4 is 9.46 Å². The molecule has 8 heteroatoms. The van der Waals surface area contributed by atoms with Crippen LogP contribution in [0.4, 0.5) is 5.69 Å². The molecule has 7 nitrogen and oxygen atoms in total. The lowest BCUT2D eigenvalue weighted by Crippen LogP contribution is -2.24. The Kier molecular flexibility index (Phi) is 5.88. The van der Waals surface area contributed by atoms with E-state index in [0.717, 1.165) is 11.3 Å². The van der Waals surface area contributed by atoms with E-state index >= 15 is 0 Å². The van der Waals surface area contributed by atoms with Crippen molar-refractivity contribution in [2.75, 3.05) is 6.61 Å². The predicted octanol–water partition coefficient (Wildman–Crippen LogP) is 2.61. The quantitative estimate of drug-likeness (QED) is 0.583. The van der Waals surface area contributed by atoms with Gasteiger partial charge in [0.05, 0.1) is 17.3 Å². The minimum absolute atomic E-state index is 0.130. The fraction of sp³-hybridized carbons (Fsp3) is 0.250. The summed E-state index contributed by atoms with van der Waals surface area (Å²) in [5.41, 5.74) is 1.03. The Labute approximate surface area is 140 Å². The van der Waals surface area contributed by atoms with Crippen molar-refractivity contribution < 1.29 is 18.1 Å². The number of non-ortho nitro benzene ring substituents is 1. The number of ether oxygens (including phenoxy) is 1. The van der Waals surface area contributed by atoms with Crippen molar-refractivity contribution in [1.82, 2.24) is 4.72 Å². The van der Waals surface area contributed by atoms with Gasteiger partial charge in [-0.15, -0.1) is 0 Å². The van der Waals surface area contributed by atoms with Gasteiger partial charge in [0.2, 0.25) is 10.0 Å². The number of nitrogens with one attached hydrogen (secondary N) is 1. The zero-order valence-electron chi connectivity index (χ0n) is 13.1. The molecule has 0 saturated heterocycles. The van der Waals surface area contributed by atoms with Crippen LogP contribution >= 0.6 is 0 Å². The van der Waals surface area contributed by atoms with Crippen LogP contribution in [0.15, 0.2) is 48.5 Å². The number of sulfonamides is 1. The first kappa shape index (κ1) is 17.9. The fourth-order valence-corrected chi connectivity index (χ4v) is 3.20. The summed E-state index contributed by atoms with van der Waals surface area (Å²) in [5.74, 6) is 0.409. The third-order valence-electron chi connectivity index (χ3n) is 3.21. The van der Waals surface area contributed by atoms with E-state index in [9.17, 15) is 18.5 Å². The van der Waals surface area contributed by atoms with Gasteiger partial charge in [-0.2, -0.15) is 0 Å². The van der Waals surface area contributed by atoms with Gasteiger partial charge in [-0.25, -0.2) is 13.1 Å². The van der Waals surface area contributed by atoms with Crippen molar-refractivity contribution in [2.24, 2.45) is 0 Å². The third-order valence-corrected chi connectivity index (χ3v) is 4.51. The van der Waals surface area contributed by atoms with Gasteiger partial charge in [0, 0.05) is 18.7 Å². The Hall–Kier alpha value is -2.45. The van der Waals surface area contributed by atoms with Crippen LogP contribution in [0.3, 0.4) is 0 Å². The molecule has 0 amide bonds. The Bertz CT molecular complexity index is 803. The van der Waals surface area contributed by atoms with Gasteiger partial charge in [0.25, 0.3) is 5.69 Å². The molecule has 24 heavy (non-hydrogen) atoms. The molecule has 0 aromatic heterocycles. The molecule has 0 unspecified atom stereocenters. The maximum absolute atomic E-state index is 12.1. The maximum atomic E-state index is 12.1. The average Bonchev–Trinajstić information content (AvgIpc) is 2.54.